The van der Waals surface area contributed by atoms with Gasteiger partial charge in [-0.2, -0.15) is 0 Å². The van der Waals surface area contributed by atoms with Gasteiger partial charge < -0.3 is 10.6 Å². The lowest BCUT2D eigenvalue weighted by Gasteiger charge is -2.20. The molecule has 3 heteroatoms. The first-order chi connectivity index (χ1) is 7.16. The Morgan fingerprint density at radius 2 is 2.07 bits per heavy atom. The molecule has 82 valence electrons. The van der Waals surface area contributed by atoms with E-state index >= 15 is 0 Å². The van der Waals surface area contributed by atoms with Crippen molar-refractivity contribution in [3.8, 4) is 0 Å². The quantitative estimate of drug-likeness (QED) is 0.607. The molecule has 15 heavy (non-hydrogen) atoms. The minimum Gasteiger partial charge on any atom is -0.370 e. The molecule has 0 heterocycles. The lowest BCUT2D eigenvalue weighted by atomic mass is 10.2. The number of nitrogens with zero attached hydrogens (tertiary/aromatic N) is 2. The van der Waals surface area contributed by atoms with Gasteiger partial charge in [0.1, 0.15) is 0 Å². The largest absolute Gasteiger partial charge is 0.370 e. The Balaban J connectivity index is 2.85. The van der Waals surface area contributed by atoms with E-state index in [0.717, 1.165) is 18.7 Å². The second-order valence-corrected chi connectivity index (χ2v) is 3.59. The Kier molecular flexibility index (Phi) is 4.16. The topological polar surface area (TPSA) is 41.6 Å². The number of aryl methyl sites for hydroxylation is 1. The van der Waals surface area contributed by atoms with Crippen molar-refractivity contribution in [2.24, 2.45) is 10.7 Å². The Bertz CT molecular complexity index is 344. The molecule has 1 aromatic rings. The van der Waals surface area contributed by atoms with Gasteiger partial charge in [0.15, 0.2) is 5.96 Å². The standard InChI is InChI=1S/C12H19N3/c1-4-9-14-12(13)15(3)11-8-6-5-7-10(11)2/h5-8H,4,9H2,1-3H3,(H2,13,14). The van der Waals surface area contributed by atoms with Crippen molar-refractivity contribution in [3.63, 3.8) is 0 Å². The van der Waals surface area contributed by atoms with E-state index in [0.29, 0.717) is 5.96 Å². The van der Waals surface area contributed by atoms with Crippen molar-refractivity contribution in [2.75, 3.05) is 18.5 Å². The van der Waals surface area contributed by atoms with E-state index in [1.54, 1.807) is 0 Å². The molecule has 0 aliphatic heterocycles. The van der Waals surface area contributed by atoms with Crippen molar-refractivity contribution in [1.29, 1.82) is 0 Å². The van der Waals surface area contributed by atoms with Gasteiger partial charge in [-0.3, -0.25) is 4.99 Å². The summed E-state index contributed by atoms with van der Waals surface area (Å²) in [5.41, 5.74) is 8.19. The van der Waals surface area contributed by atoms with Gasteiger partial charge in [0, 0.05) is 19.3 Å². The summed E-state index contributed by atoms with van der Waals surface area (Å²) in [4.78, 5) is 6.20. The van der Waals surface area contributed by atoms with Crippen LogP contribution in [0.25, 0.3) is 0 Å². The highest BCUT2D eigenvalue weighted by atomic mass is 15.2. The van der Waals surface area contributed by atoms with Crippen molar-refractivity contribution in [3.05, 3.63) is 29.8 Å². The first-order valence-corrected chi connectivity index (χ1v) is 5.26. The molecule has 1 rings (SSSR count). The fourth-order valence-corrected chi connectivity index (χ4v) is 1.40. The summed E-state index contributed by atoms with van der Waals surface area (Å²) in [5, 5.41) is 0. The second-order valence-electron chi connectivity index (χ2n) is 3.59. The molecule has 0 radical (unpaired) electrons. The molecule has 0 amide bonds. The normalized spacial score (nSPS) is 11.5. The molecule has 0 bridgehead atoms. The van der Waals surface area contributed by atoms with Crippen LogP contribution in [0.4, 0.5) is 5.69 Å². The number of nitrogens with two attached hydrogens (primary N) is 1. The van der Waals surface area contributed by atoms with E-state index in [1.807, 2.05) is 30.1 Å². The number of anilines is 1. The van der Waals surface area contributed by atoms with Gasteiger partial charge in [0.05, 0.1) is 0 Å². The van der Waals surface area contributed by atoms with Crippen LogP contribution in [0.15, 0.2) is 29.3 Å². The summed E-state index contributed by atoms with van der Waals surface area (Å²) >= 11 is 0. The Morgan fingerprint density at radius 1 is 1.40 bits per heavy atom. The molecule has 0 aliphatic carbocycles. The molecule has 0 aromatic heterocycles. The molecule has 0 saturated carbocycles. The molecule has 0 fully saturated rings. The molecular formula is C12H19N3. The third-order valence-corrected chi connectivity index (χ3v) is 2.32. The van der Waals surface area contributed by atoms with Crippen LogP contribution < -0.4 is 10.6 Å². The Labute approximate surface area is 91.6 Å². The predicted octanol–water partition coefficient (Wildman–Crippen LogP) is 2.16. The van der Waals surface area contributed by atoms with Gasteiger partial charge in [0.25, 0.3) is 0 Å². The molecule has 0 saturated heterocycles. The number of hydrogen-bond acceptors (Lipinski definition) is 1. The van der Waals surface area contributed by atoms with E-state index in [2.05, 4.69) is 24.9 Å². The van der Waals surface area contributed by atoms with Crippen LogP contribution in [-0.2, 0) is 0 Å². The molecule has 3 nitrogen and oxygen atoms in total. The van der Waals surface area contributed by atoms with Crippen LogP contribution in [0.5, 0.6) is 0 Å². The van der Waals surface area contributed by atoms with Crippen LogP contribution in [-0.4, -0.2) is 19.6 Å². The summed E-state index contributed by atoms with van der Waals surface area (Å²) in [6.07, 6.45) is 1.02. The third-order valence-electron chi connectivity index (χ3n) is 2.32. The first kappa shape index (κ1) is 11.6. The van der Waals surface area contributed by atoms with Crippen molar-refractivity contribution < 1.29 is 0 Å². The minimum absolute atomic E-state index is 0.575. The van der Waals surface area contributed by atoms with Gasteiger partial charge in [-0.15, -0.1) is 0 Å². The third kappa shape index (κ3) is 2.98. The summed E-state index contributed by atoms with van der Waals surface area (Å²) in [5.74, 6) is 0.575. The van der Waals surface area contributed by atoms with E-state index in [-0.39, 0.29) is 0 Å². The number of guanidine groups is 1. The Morgan fingerprint density at radius 3 is 2.67 bits per heavy atom. The highest BCUT2D eigenvalue weighted by Crippen LogP contribution is 2.17. The number of hydrogen-bond donors (Lipinski definition) is 1. The zero-order valence-corrected chi connectivity index (χ0v) is 9.70. The van der Waals surface area contributed by atoms with E-state index < -0.39 is 0 Å². The SMILES string of the molecule is CCCN=C(N)N(C)c1ccccc1C. The predicted molar refractivity (Wildman–Crippen MR) is 66.4 cm³/mol. The van der Waals surface area contributed by atoms with Gasteiger partial charge in [-0.05, 0) is 25.0 Å². The monoisotopic (exact) mass is 205 g/mol. The van der Waals surface area contributed by atoms with Crippen molar-refractivity contribution in [2.45, 2.75) is 20.3 Å². The molecule has 0 unspecified atom stereocenters. The summed E-state index contributed by atoms with van der Waals surface area (Å²) in [6, 6.07) is 8.14. The van der Waals surface area contributed by atoms with Crippen LogP contribution in [0.3, 0.4) is 0 Å². The van der Waals surface area contributed by atoms with Crippen molar-refractivity contribution >= 4 is 11.6 Å². The molecular weight excluding hydrogens is 186 g/mol. The van der Waals surface area contributed by atoms with E-state index in [1.165, 1.54) is 5.56 Å². The lowest BCUT2D eigenvalue weighted by Crippen LogP contribution is -2.34. The fourth-order valence-electron chi connectivity index (χ4n) is 1.40. The summed E-state index contributed by atoms with van der Waals surface area (Å²) < 4.78 is 0. The van der Waals surface area contributed by atoms with Gasteiger partial charge in [0.2, 0.25) is 0 Å². The summed E-state index contributed by atoms with van der Waals surface area (Å²) in [7, 11) is 1.94. The Hall–Kier alpha value is -1.51. The zero-order chi connectivity index (χ0) is 11.3. The first-order valence-electron chi connectivity index (χ1n) is 5.26. The molecule has 0 aliphatic rings. The molecule has 0 spiro atoms. The fraction of sp³-hybridized carbons (Fsp3) is 0.417. The maximum atomic E-state index is 5.88. The average Bonchev–Trinajstić information content (AvgIpc) is 2.25. The molecule has 2 N–H and O–H groups in total. The number of para-hydroxylation sites is 1. The maximum Gasteiger partial charge on any atom is 0.195 e. The van der Waals surface area contributed by atoms with Crippen molar-refractivity contribution in [1.82, 2.24) is 0 Å². The number of rotatable bonds is 3. The second kappa shape index (κ2) is 5.39. The maximum absolute atomic E-state index is 5.88. The van der Waals surface area contributed by atoms with E-state index in [4.69, 9.17) is 5.73 Å². The van der Waals surface area contributed by atoms with Crippen LogP contribution >= 0.6 is 0 Å². The highest BCUT2D eigenvalue weighted by Gasteiger charge is 2.06. The molecule has 0 atom stereocenters. The lowest BCUT2D eigenvalue weighted by molar-refractivity contribution is 0.922. The summed E-state index contributed by atoms with van der Waals surface area (Å²) in [6.45, 7) is 4.94. The van der Waals surface area contributed by atoms with Crippen LogP contribution in [0.2, 0.25) is 0 Å². The zero-order valence-electron chi connectivity index (χ0n) is 9.70. The van der Waals surface area contributed by atoms with Crippen LogP contribution in [0.1, 0.15) is 18.9 Å². The van der Waals surface area contributed by atoms with Crippen LogP contribution in [0, 0.1) is 6.92 Å². The minimum atomic E-state index is 0.575. The molecule has 1 aromatic carbocycles. The van der Waals surface area contributed by atoms with Gasteiger partial charge >= 0.3 is 0 Å². The van der Waals surface area contributed by atoms with E-state index in [9.17, 15) is 0 Å². The smallest absolute Gasteiger partial charge is 0.195 e. The highest BCUT2D eigenvalue weighted by molar-refractivity contribution is 5.94. The van der Waals surface area contributed by atoms with Gasteiger partial charge in [-0.25, -0.2) is 0 Å². The number of aliphatic imine (C=N–C) groups is 1. The van der Waals surface area contributed by atoms with Gasteiger partial charge in [-0.1, -0.05) is 25.1 Å². The average molecular weight is 205 g/mol. The number of benzene rings is 1.